The molecule has 3 heterocycles. The number of carbonyl (C=O) groups is 1. The van der Waals surface area contributed by atoms with Gasteiger partial charge >= 0.3 is 0 Å². The number of benzene rings is 3. The molecule has 1 amide bonds. The molecule has 156 valence electrons. The SMILES string of the molecule is CCn1c2ccccc2c2cc(NC(=O)c3cc4c(Cl)nc5ccccc5c4s3)ccc21. The molecule has 0 saturated carbocycles. The van der Waals surface area contributed by atoms with E-state index in [1.165, 1.54) is 22.2 Å². The van der Waals surface area contributed by atoms with E-state index in [1.54, 1.807) is 0 Å². The van der Waals surface area contributed by atoms with E-state index < -0.39 is 0 Å². The fraction of sp³-hybridized carbons (Fsp3) is 0.0769. The van der Waals surface area contributed by atoms with Crippen LogP contribution in [0.25, 0.3) is 42.8 Å². The van der Waals surface area contributed by atoms with Crippen LogP contribution in [0.3, 0.4) is 0 Å². The van der Waals surface area contributed by atoms with E-state index in [0.717, 1.165) is 44.1 Å². The third-order valence-electron chi connectivity index (χ3n) is 5.89. The molecule has 6 rings (SSSR count). The maximum absolute atomic E-state index is 13.1. The summed E-state index contributed by atoms with van der Waals surface area (Å²) in [6, 6.07) is 24.1. The van der Waals surface area contributed by atoms with Crippen LogP contribution in [-0.2, 0) is 6.54 Å². The molecule has 0 saturated heterocycles. The fourth-order valence-corrected chi connectivity index (χ4v) is 5.83. The summed E-state index contributed by atoms with van der Waals surface area (Å²) in [5.41, 5.74) is 3.97. The average molecular weight is 456 g/mol. The molecule has 0 fully saturated rings. The lowest BCUT2D eigenvalue weighted by atomic mass is 10.1. The molecule has 0 aliphatic rings. The van der Waals surface area contributed by atoms with Gasteiger partial charge in [0.05, 0.1) is 10.4 Å². The van der Waals surface area contributed by atoms with E-state index in [9.17, 15) is 4.79 Å². The van der Waals surface area contributed by atoms with Gasteiger partial charge in [0, 0.05) is 49.5 Å². The van der Waals surface area contributed by atoms with E-state index in [1.807, 2.05) is 42.5 Å². The number of amides is 1. The molecule has 0 spiro atoms. The number of carbonyl (C=O) groups excluding carboxylic acids is 1. The van der Waals surface area contributed by atoms with Crippen LogP contribution in [0.2, 0.25) is 5.15 Å². The first-order chi connectivity index (χ1) is 15.6. The first kappa shape index (κ1) is 19.3. The second-order valence-electron chi connectivity index (χ2n) is 7.72. The van der Waals surface area contributed by atoms with Gasteiger partial charge in [-0.15, -0.1) is 11.3 Å². The number of aryl methyl sites for hydroxylation is 1. The van der Waals surface area contributed by atoms with Crippen molar-refractivity contribution in [3.8, 4) is 0 Å². The number of pyridine rings is 1. The molecule has 0 radical (unpaired) electrons. The lowest BCUT2D eigenvalue weighted by Gasteiger charge is -2.05. The van der Waals surface area contributed by atoms with E-state index in [0.29, 0.717) is 10.0 Å². The smallest absolute Gasteiger partial charge is 0.265 e. The van der Waals surface area contributed by atoms with Gasteiger partial charge in [0.2, 0.25) is 0 Å². The molecule has 0 unspecified atom stereocenters. The highest BCUT2D eigenvalue weighted by molar-refractivity contribution is 7.22. The first-order valence-electron chi connectivity index (χ1n) is 10.4. The molecule has 32 heavy (non-hydrogen) atoms. The summed E-state index contributed by atoms with van der Waals surface area (Å²) >= 11 is 7.85. The Balaban J connectivity index is 1.42. The van der Waals surface area contributed by atoms with E-state index in [4.69, 9.17) is 11.6 Å². The Hall–Kier alpha value is -3.41. The Morgan fingerprint density at radius 2 is 1.69 bits per heavy atom. The zero-order chi connectivity index (χ0) is 21.8. The predicted octanol–water partition coefficient (Wildman–Crippen LogP) is 7.48. The molecule has 6 heteroatoms. The summed E-state index contributed by atoms with van der Waals surface area (Å²) in [5, 5.41) is 7.62. The number of fused-ring (bicyclic) bond motifs is 6. The minimum Gasteiger partial charge on any atom is -0.341 e. The van der Waals surface area contributed by atoms with E-state index in [2.05, 4.69) is 52.1 Å². The van der Waals surface area contributed by atoms with Gasteiger partial charge in [0.1, 0.15) is 5.15 Å². The van der Waals surface area contributed by atoms with Crippen molar-refractivity contribution in [3.05, 3.63) is 82.8 Å². The standard InChI is InChI=1S/C26H18ClN3OS/c1-2-30-21-10-6-4-7-16(21)18-13-15(11-12-22(18)30)28-26(31)23-14-19-24(32-23)17-8-3-5-9-20(17)29-25(19)27/h3-14H,2H2,1H3,(H,28,31). The molecular weight excluding hydrogens is 438 g/mol. The number of hydrogen-bond donors (Lipinski definition) is 1. The summed E-state index contributed by atoms with van der Waals surface area (Å²) in [5.74, 6) is -0.148. The summed E-state index contributed by atoms with van der Waals surface area (Å²) in [6.45, 7) is 3.03. The lowest BCUT2D eigenvalue weighted by Crippen LogP contribution is -2.09. The van der Waals surface area contributed by atoms with Crippen LogP contribution in [0, 0.1) is 0 Å². The predicted molar refractivity (Wildman–Crippen MR) is 135 cm³/mol. The van der Waals surface area contributed by atoms with Crippen molar-refractivity contribution in [1.82, 2.24) is 9.55 Å². The molecule has 3 aromatic carbocycles. The van der Waals surface area contributed by atoms with Gasteiger partial charge in [-0.2, -0.15) is 0 Å². The summed E-state index contributed by atoms with van der Waals surface area (Å²) in [7, 11) is 0. The second kappa shape index (κ2) is 7.33. The molecule has 6 aromatic rings. The monoisotopic (exact) mass is 455 g/mol. The highest BCUT2D eigenvalue weighted by atomic mass is 35.5. The minimum atomic E-state index is -0.148. The Bertz CT molecular complexity index is 1680. The quantitative estimate of drug-likeness (QED) is 0.281. The topological polar surface area (TPSA) is 46.9 Å². The van der Waals surface area contributed by atoms with Crippen LogP contribution >= 0.6 is 22.9 Å². The van der Waals surface area contributed by atoms with Crippen molar-refractivity contribution in [2.45, 2.75) is 13.5 Å². The Morgan fingerprint density at radius 3 is 2.53 bits per heavy atom. The van der Waals surface area contributed by atoms with Crippen molar-refractivity contribution < 1.29 is 4.79 Å². The van der Waals surface area contributed by atoms with Crippen LogP contribution in [0.15, 0.2) is 72.8 Å². The zero-order valence-corrected chi connectivity index (χ0v) is 18.8. The molecule has 0 atom stereocenters. The Kier molecular flexibility index (Phi) is 4.42. The number of nitrogens with one attached hydrogen (secondary N) is 1. The largest absolute Gasteiger partial charge is 0.341 e. The minimum absolute atomic E-state index is 0.148. The van der Waals surface area contributed by atoms with Crippen molar-refractivity contribution in [1.29, 1.82) is 0 Å². The summed E-state index contributed by atoms with van der Waals surface area (Å²) in [6.07, 6.45) is 0. The second-order valence-corrected chi connectivity index (χ2v) is 9.13. The molecular formula is C26H18ClN3OS. The number of nitrogens with zero attached hydrogens (tertiary/aromatic N) is 2. The number of para-hydroxylation sites is 2. The van der Waals surface area contributed by atoms with E-state index in [-0.39, 0.29) is 5.91 Å². The zero-order valence-electron chi connectivity index (χ0n) is 17.2. The third-order valence-corrected chi connectivity index (χ3v) is 7.35. The lowest BCUT2D eigenvalue weighted by molar-refractivity contribution is 0.103. The van der Waals surface area contributed by atoms with Gasteiger partial charge in [0.15, 0.2) is 0 Å². The molecule has 0 bridgehead atoms. The van der Waals surface area contributed by atoms with Crippen LogP contribution in [-0.4, -0.2) is 15.5 Å². The van der Waals surface area contributed by atoms with Crippen molar-refractivity contribution in [2.75, 3.05) is 5.32 Å². The van der Waals surface area contributed by atoms with Gasteiger partial charge in [-0.25, -0.2) is 4.98 Å². The van der Waals surface area contributed by atoms with Crippen LogP contribution in [0.5, 0.6) is 0 Å². The maximum Gasteiger partial charge on any atom is 0.265 e. The Labute approximate surface area is 193 Å². The molecule has 3 aromatic heterocycles. The summed E-state index contributed by atoms with van der Waals surface area (Å²) < 4.78 is 3.27. The molecule has 0 aliphatic heterocycles. The first-order valence-corrected chi connectivity index (χ1v) is 11.6. The number of anilines is 1. The Morgan fingerprint density at radius 1 is 0.938 bits per heavy atom. The van der Waals surface area contributed by atoms with Gasteiger partial charge in [0.25, 0.3) is 5.91 Å². The molecule has 1 N–H and O–H groups in total. The van der Waals surface area contributed by atoms with Gasteiger partial charge in [-0.1, -0.05) is 48.0 Å². The van der Waals surface area contributed by atoms with E-state index >= 15 is 0 Å². The van der Waals surface area contributed by atoms with Gasteiger partial charge in [-0.3, -0.25) is 4.79 Å². The van der Waals surface area contributed by atoms with Crippen LogP contribution in [0.4, 0.5) is 5.69 Å². The number of hydrogen-bond acceptors (Lipinski definition) is 3. The highest BCUT2D eigenvalue weighted by Gasteiger charge is 2.16. The van der Waals surface area contributed by atoms with Crippen LogP contribution < -0.4 is 5.32 Å². The molecule has 4 nitrogen and oxygen atoms in total. The van der Waals surface area contributed by atoms with Crippen molar-refractivity contribution in [3.63, 3.8) is 0 Å². The third kappa shape index (κ3) is 2.89. The molecule has 0 aliphatic carbocycles. The number of halogens is 1. The number of thiophene rings is 1. The number of rotatable bonds is 3. The fourth-order valence-electron chi connectivity index (χ4n) is 4.45. The average Bonchev–Trinajstić information content (AvgIpc) is 3.40. The summed E-state index contributed by atoms with van der Waals surface area (Å²) in [4.78, 5) is 18.2. The maximum atomic E-state index is 13.1. The normalized spacial score (nSPS) is 11.7. The van der Waals surface area contributed by atoms with Crippen molar-refractivity contribution >= 4 is 77.3 Å². The van der Waals surface area contributed by atoms with Crippen LogP contribution in [0.1, 0.15) is 16.6 Å². The highest BCUT2D eigenvalue weighted by Crippen LogP contribution is 2.36. The van der Waals surface area contributed by atoms with Gasteiger partial charge < -0.3 is 9.88 Å². The van der Waals surface area contributed by atoms with Gasteiger partial charge in [-0.05, 0) is 43.3 Å². The number of aromatic nitrogens is 2. The van der Waals surface area contributed by atoms with Crippen molar-refractivity contribution in [2.24, 2.45) is 0 Å².